The maximum atomic E-state index is 12.5. The van der Waals surface area contributed by atoms with Crippen molar-refractivity contribution in [2.45, 2.75) is 44.9 Å². The van der Waals surface area contributed by atoms with Gasteiger partial charge in [0.1, 0.15) is 18.0 Å². The number of nitrogens with zero attached hydrogens (tertiary/aromatic N) is 2. The number of amides is 1. The van der Waals surface area contributed by atoms with Gasteiger partial charge in [0, 0.05) is 17.7 Å². The Morgan fingerprint density at radius 1 is 1.42 bits per heavy atom. The van der Waals surface area contributed by atoms with E-state index in [0.717, 1.165) is 29.7 Å². The van der Waals surface area contributed by atoms with Gasteiger partial charge >= 0.3 is 0 Å². The molecule has 0 fully saturated rings. The van der Waals surface area contributed by atoms with Gasteiger partial charge in [-0.1, -0.05) is 0 Å². The topological polar surface area (TPSA) is 85.6 Å². The molecule has 0 bridgehead atoms. The molecular formula is C19H25N3O4. The number of benzene rings is 1. The molecule has 1 amide bonds. The molecule has 3 rings (SSSR count). The van der Waals surface area contributed by atoms with Crippen LogP contribution >= 0.6 is 0 Å². The zero-order valence-electron chi connectivity index (χ0n) is 15.4. The van der Waals surface area contributed by atoms with Gasteiger partial charge in [0.2, 0.25) is 5.91 Å². The van der Waals surface area contributed by atoms with E-state index in [1.807, 2.05) is 25.1 Å². The van der Waals surface area contributed by atoms with Crippen molar-refractivity contribution in [3.63, 3.8) is 0 Å². The molecule has 1 aliphatic carbocycles. The quantitative estimate of drug-likeness (QED) is 0.819. The summed E-state index contributed by atoms with van der Waals surface area (Å²) in [5.74, 6) is 1.25. The number of fused-ring (bicyclic) bond motifs is 1. The Balaban J connectivity index is 1.70. The van der Waals surface area contributed by atoms with E-state index >= 15 is 0 Å². The predicted octanol–water partition coefficient (Wildman–Crippen LogP) is 1.63. The van der Waals surface area contributed by atoms with E-state index < -0.39 is 0 Å². The van der Waals surface area contributed by atoms with Crippen molar-refractivity contribution in [3.8, 4) is 11.5 Å². The first-order chi connectivity index (χ1) is 12.5. The van der Waals surface area contributed by atoms with Gasteiger partial charge in [0.05, 0.1) is 32.6 Å². The molecule has 0 spiro atoms. The third-order valence-electron chi connectivity index (χ3n) is 4.79. The molecule has 0 aliphatic heterocycles. The predicted molar refractivity (Wildman–Crippen MR) is 96.4 cm³/mol. The summed E-state index contributed by atoms with van der Waals surface area (Å²) in [6.45, 7) is 2.02. The highest BCUT2D eigenvalue weighted by atomic mass is 16.5. The molecule has 26 heavy (non-hydrogen) atoms. The first-order valence-corrected chi connectivity index (χ1v) is 8.74. The normalized spacial score (nSPS) is 17.3. The minimum atomic E-state index is -0.360. The number of carbonyl (C=O) groups excluding carboxylic acids is 1. The lowest BCUT2D eigenvalue weighted by molar-refractivity contribution is -0.122. The fourth-order valence-corrected chi connectivity index (χ4v) is 3.36. The molecule has 2 N–H and O–H groups in total. The zero-order valence-corrected chi connectivity index (χ0v) is 15.4. The molecule has 2 aromatic rings. The van der Waals surface area contributed by atoms with Gasteiger partial charge in [-0.2, -0.15) is 5.10 Å². The van der Waals surface area contributed by atoms with Crippen LogP contribution in [-0.2, 0) is 24.2 Å². The minimum Gasteiger partial charge on any atom is -0.497 e. The molecule has 1 heterocycles. The molecule has 1 aliphatic rings. The lowest BCUT2D eigenvalue weighted by Crippen LogP contribution is -2.32. The summed E-state index contributed by atoms with van der Waals surface area (Å²) in [7, 11) is 3.20. The van der Waals surface area contributed by atoms with Crippen LogP contribution in [0.1, 0.15) is 36.2 Å². The van der Waals surface area contributed by atoms with Crippen molar-refractivity contribution in [2.24, 2.45) is 0 Å². The number of hydrogen-bond donors (Lipinski definition) is 2. The number of methoxy groups -OCH3 is 2. The third kappa shape index (κ3) is 3.83. The van der Waals surface area contributed by atoms with Gasteiger partial charge < -0.3 is 19.9 Å². The van der Waals surface area contributed by atoms with E-state index in [9.17, 15) is 9.90 Å². The van der Waals surface area contributed by atoms with Crippen molar-refractivity contribution in [1.82, 2.24) is 15.1 Å². The first kappa shape index (κ1) is 18.3. The summed E-state index contributed by atoms with van der Waals surface area (Å²) in [5.41, 5.74) is 2.91. The second kappa shape index (κ2) is 7.78. The summed E-state index contributed by atoms with van der Waals surface area (Å²) in [5, 5.41) is 17.2. The van der Waals surface area contributed by atoms with Crippen molar-refractivity contribution in [3.05, 3.63) is 41.2 Å². The number of aliphatic hydroxyl groups is 1. The Morgan fingerprint density at radius 3 is 2.96 bits per heavy atom. The zero-order chi connectivity index (χ0) is 18.7. The number of rotatable bonds is 6. The third-order valence-corrected chi connectivity index (χ3v) is 4.79. The number of aliphatic hydroxyl groups excluding tert-OH is 1. The van der Waals surface area contributed by atoms with Gasteiger partial charge in [0.25, 0.3) is 0 Å². The molecular weight excluding hydrogens is 334 g/mol. The molecule has 1 aromatic carbocycles. The van der Waals surface area contributed by atoms with Crippen LogP contribution in [0.15, 0.2) is 24.4 Å². The molecule has 7 nitrogen and oxygen atoms in total. The fourth-order valence-electron chi connectivity index (χ4n) is 3.36. The lowest BCUT2D eigenvalue weighted by Gasteiger charge is -2.20. The fraction of sp³-hybridized carbons (Fsp3) is 0.474. The number of nitrogens with one attached hydrogen (secondary N) is 1. The second-order valence-corrected chi connectivity index (χ2v) is 6.57. The number of aryl methyl sites for hydroxylation is 1. The van der Waals surface area contributed by atoms with Crippen LogP contribution in [0.25, 0.3) is 0 Å². The maximum Gasteiger partial charge on any atom is 0.242 e. The Hall–Kier alpha value is -2.54. The summed E-state index contributed by atoms with van der Waals surface area (Å²) in [4.78, 5) is 12.5. The van der Waals surface area contributed by atoms with E-state index in [1.165, 1.54) is 0 Å². The lowest BCUT2D eigenvalue weighted by atomic mass is 9.96. The van der Waals surface area contributed by atoms with E-state index in [1.54, 1.807) is 25.1 Å². The van der Waals surface area contributed by atoms with Crippen LogP contribution < -0.4 is 14.8 Å². The van der Waals surface area contributed by atoms with Gasteiger partial charge in [-0.15, -0.1) is 0 Å². The minimum absolute atomic E-state index is 0.124. The summed E-state index contributed by atoms with van der Waals surface area (Å²) in [6.07, 6.45) is 3.53. The van der Waals surface area contributed by atoms with Crippen molar-refractivity contribution < 1.29 is 19.4 Å². The van der Waals surface area contributed by atoms with E-state index in [4.69, 9.17) is 9.47 Å². The average molecular weight is 359 g/mol. The monoisotopic (exact) mass is 359 g/mol. The molecule has 0 saturated carbocycles. The van der Waals surface area contributed by atoms with E-state index in [2.05, 4.69) is 10.4 Å². The first-order valence-electron chi connectivity index (χ1n) is 8.74. The maximum absolute atomic E-state index is 12.5. The highest BCUT2D eigenvalue weighted by Gasteiger charge is 2.22. The number of ether oxygens (including phenoxy) is 2. The van der Waals surface area contributed by atoms with Crippen LogP contribution in [0.4, 0.5) is 0 Å². The van der Waals surface area contributed by atoms with Crippen molar-refractivity contribution in [2.75, 3.05) is 14.2 Å². The smallest absolute Gasteiger partial charge is 0.242 e. The number of carbonyl (C=O) groups is 1. The number of aromatic nitrogens is 2. The van der Waals surface area contributed by atoms with E-state index in [0.29, 0.717) is 17.9 Å². The Kier molecular flexibility index (Phi) is 5.46. The molecule has 0 unspecified atom stereocenters. The van der Waals surface area contributed by atoms with Crippen LogP contribution in [0.5, 0.6) is 11.5 Å². The highest BCUT2D eigenvalue weighted by Crippen LogP contribution is 2.29. The molecule has 7 heteroatoms. The largest absolute Gasteiger partial charge is 0.497 e. The second-order valence-electron chi connectivity index (χ2n) is 6.57. The van der Waals surface area contributed by atoms with Gasteiger partial charge in [-0.05, 0) is 43.5 Å². The molecule has 2 atom stereocenters. The Labute approximate surface area is 152 Å². The van der Waals surface area contributed by atoms with Crippen LogP contribution in [-0.4, -0.2) is 41.1 Å². The SMILES string of the molecule is COc1ccc(OC)c([C@@H](C)NC(=O)Cn2ncc3c2C[C@H](O)CC3)c1. The Bertz CT molecular complexity index is 787. The van der Waals surface area contributed by atoms with Crippen LogP contribution in [0.2, 0.25) is 0 Å². The van der Waals surface area contributed by atoms with Gasteiger partial charge in [-0.25, -0.2) is 0 Å². The molecule has 0 radical (unpaired) electrons. The standard InChI is InChI=1S/C19H25N3O4/c1-12(16-9-15(25-2)6-7-18(16)26-3)21-19(24)11-22-17-8-14(23)5-4-13(17)10-20-22/h6-7,9-10,12,14,23H,4-5,8,11H2,1-3H3,(H,21,24)/t12-,14-/m1/s1. The van der Waals surface area contributed by atoms with Gasteiger partial charge in [-0.3, -0.25) is 9.48 Å². The average Bonchev–Trinajstić information content (AvgIpc) is 3.02. The number of hydrogen-bond acceptors (Lipinski definition) is 5. The molecule has 1 aromatic heterocycles. The Morgan fingerprint density at radius 2 is 2.23 bits per heavy atom. The van der Waals surface area contributed by atoms with Gasteiger partial charge in [0.15, 0.2) is 0 Å². The van der Waals surface area contributed by atoms with E-state index in [-0.39, 0.29) is 24.6 Å². The molecule has 0 saturated heterocycles. The van der Waals surface area contributed by atoms with Crippen molar-refractivity contribution in [1.29, 1.82) is 0 Å². The summed E-state index contributed by atoms with van der Waals surface area (Å²) < 4.78 is 12.3. The molecule has 140 valence electrons. The van der Waals surface area contributed by atoms with Crippen molar-refractivity contribution >= 4 is 5.91 Å². The van der Waals surface area contributed by atoms with Crippen LogP contribution in [0, 0.1) is 0 Å². The summed E-state index contributed by atoms with van der Waals surface area (Å²) >= 11 is 0. The van der Waals surface area contributed by atoms with Crippen LogP contribution in [0.3, 0.4) is 0 Å². The highest BCUT2D eigenvalue weighted by molar-refractivity contribution is 5.76. The summed E-state index contributed by atoms with van der Waals surface area (Å²) in [6, 6.07) is 5.25.